The molecule has 0 radical (unpaired) electrons. The van der Waals surface area contributed by atoms with Crippen LogP contribution >= 0.6 is 0 Å². The second-order valence-electron chi connectivity index (χ2n) is 6.95. The molecule has 1 saturated heterocycles. The van der Waals surface area contributed by atoms with Gasteiger partial charge >= 0.3 is 45.1 Å². The Morgan fingerprint density at radius 3 is 2.00 bits per heavy atom. The molecule has 1 amide bonds. The maximum Gasteiger partial charge on any atom is 0.466 e. The first kappa shape index (κ1) is 30.0. The lowest BCUT2D eigenvalue weighted by molar-refractivity contribution is -0.351. The quantitative estimate of drug-likeness (QED) is 0.103. The number of halogens is 8. The van der Waals surface area contributed by atoms with Crippen molar-refractivity contribution < 1.29 is 67.2 Å². The van der Waals surface area contributed by atoms with E-state index >= 15 is 0 Å². The van der Waals surface area contributed by atoms with Crippen LogP contribution in [0.5, 0.6) is 0 Å². The van der Waals surface area contributed by atoms with E-state index in [1.165, 1.54) is 0 Å². The van der Waals surface area contributed by atoms with Crippen LogP contribution in [0, 0.1) is 0 Å². The van der Waals surface area contributed by atoms with Gasteiger partial charge in [-0.05, 0) is 12.8 Å². The molecular weight excluding hydrogens is 516 g/mol. The van der Waals surface area contributed by atoms with E-state index in [-0.39, 0.29) is 26.2 Å². The number of carbonyl (C=O) groups excluding carboxylic acids is 2. The summed E-state index contributed by atoms with van der Waals surface area (Å²) in [5.41, 5.74) is 0. The molecular formula is C16H20F8N2O7S. The lowest BCUT2D eigenvalue weighted by Gasteiger charge is -2.38. The fourth-order valence-electron chi connectivity index (χ4n) is 2.66. The summed E-state index contributed by atoms with van der Waals surface area (Å²) >= 11 is 0. The van der Waals surface area contributed by atoms with Crippen LogP contribution in [-0.2, 0) is 29.2 Å². The van der Waals surface area contributed by atoms with Gasteiger partial charge < -0.3 is 19.7 Å². The number of nitrogens with one attached hydrogen (secondary N) is 1. The summed E-state index contributed by atoms with van der Waals surface area (Å²) in [6.07, 6.45) is -9.72. The van der Waals surface area contributed by atoms with Gasteiger partial charge in [0, 0.05) is 32.6 Å². The minimum atomic E-state index is -6.51. The van der Waals surface area contributed by atoms with E-state index in [1.807, 2.05) is 0 Å². The fourth-order valence-corrected chi connectivity index (χ4v) is 3.14. The SMILES string of the molecule is C=C(F)C(=O)OC(OCCCCC(F)(F)C(F)(F)S(=O)(=O)O)(C(=O)N1CCNCC1)C(F)(F)F. The Labute approximate surface area is 187 Å². The van der Waals surface area contributed by atoms with Crippen molar-refractivity contribution in [2.75, 3.05) is 32.8 Å². The van der Waals surface area contributed by atoms with Gasteiger partial charge in [-0.1, -0.05) is 6.58 Å². The summed E-state index contributed by atoms with van der Waals surface area (Å²) in [7, 11) is -6.51. The highest BCUT2D eigenvalue weighted by Crippen LogP contribution is 2.42. The molecule has 34 heavy (non-hydrogen) atoms. The van der Waals surface area contributed by atoms with E-state index < -0.39 is 76.8 Å². The summed E-state index contributed by atoms with van der Waals surface area (Å²) in [5, 5.41) is -3.16. The molecule has 0 bridgehead atoms. The Hall–Kier alpha value is -2.05. The summed E-state index contributed by atoms with van der Waals surface area (Å²) in [5.74, 6) is -16.0. The van der Waals surface area contributed by atoms with Crippen molar-refractivity contribution >= 4 is 22.0 Å². The van der Waals surface area contributed by atoms with E-state index in [0.717, 1.165) is 0 Å². The Morgan fingerprint density at radius 1 is 1.03 bits per heavy atom. The predicted octanol–water partition coefficient (Wildman–Crippen LogP) is 2.01. The van der Waals surface area contributed by atoms with Gasteiger partial charge in [0.25, 0.3) is 0 Å². The molecule has 0 saturated carbocycles. The number of rotatable bonds is 11. The van der Waals surface area contributed by atoms with Crippen LogP contribution < -0.4 is 5.32 Å². The molecule has 1 aliphatic rings. The monoisotopic (exact) mass is 536 g/mol. The number of piperazine rings is 1. The third-order valence-corrected chi connectivity index (χ3v) is 5.40. The highest BCUT2D eigenvalue weighted by molar-refractivity contribution is 7.87. The van der Waals surface area contributed by atoms with Crippen molar-refractivity contribution in [1.29, 1.82) is 0 Å². The van der Waals surface area contributed by atoms with Crippen molar-refractivity contribution in [3.8, 4) is 0 Å². The van der Waals surface area contributed by atoms with E-state index in [0.29, 0.717) is 4.90 Å². The Balaban J connectivity index is 3.05. The molecule has 1 fully saturated rings. The van der Waals surface area contributed by atoms with Gasteiger partial charge in [-0.3, -0.25) is 9.35 Å². The third kappa shape index (κ3) is 6.54. The zero-order valence-electron chi connectivity index (χ0n) is 17.1. The van der Waals surface area contributed by atoms with Gasteiger partial charge in [-0.15, -0.1) is 0 Å². The maximum atomic E-state index is 13.9. The van der Waals surface area contributed by atoms with Crippen molar-refractivity contribution in [3.05, 3.63) is 12.4 Å². The molecule has 198 valence electrons. The smallest absolute Gasteiger partial charge is 0.410 e. The zero-order chi connectivity index (χ0) is 26.6. The van der Waals surface area contributed by atoms with Crippen LogP contribution in [-0.4, -0.2) is 85.7 Å². The molecule has 1 rings (SSSR count). The van der Waals surface area contributed by atoms with Gasteiger partial charge in [0.15, 0.2) is 0 Å². The second kappa shape index (κ2) is 10.7. The number of esters is 1. The molecule has 2 N–H and O–H groups in total. The summed E-state index contributed by atoms with van der Waals surface area (Å²) < 4.78 is 145. The number of alkyl halides is 7. The van der Waals surface area contributed by atoms with Crippen LogP contribution in [0.15, 0.2) is 12.4 Å². The van der Waals surface area contributed by atoms with Gasteiger partial charge in [-0.2, -0.15) is 43.5 Å². The number of hydrogen-bond acceptors (Lipinski definition) is 7. The van der Waals surface area contributed by atoms with Crippen molar-refractivity contribution in [1.82, 2.24) is 10.2 Å². The average Bonchev–Trinajstić information content (AvgIpc) is 2.70. The number of amides is 1. The lowest BCUT2D eigenvalue weighted by atomic mass is 10.1. The Bertz CT molecular complexity index is 875. The van der Waals surface area contributed by atoms with Crippen LogP contribution in [0.4, 0.5) is 35.1 Å². The van der Waals surface area contributed by atoms with Gasteiger partial charge in [-0.25, -0.2) is 4.79 Å². The highest BCUT2D eigenvalue weighted by atomic mass is 32.2. The zero-order valence-corrected chi connectivity index (χ0v) is 18.0. The number of carbonyl (C=O) groups is 2. The standard InChI is InChI=1S/C16H20F8N2O7S/c1-10(17)11(27)33-14(15(20,21)22,12(28)26-7-5-25-6-8-26)32-9-3-2-4-13(18,19)16(23,24)34(29,30)31/h25H,1-9H2,(H,29,30,31). The van der Waals surface area contributed by atoms with Crippen LogP contribution in [0.3, 0.4) is 0 Å². The first-order valence-corrected chi connectivity index (χ1v) is 10.8. The van der Waals surface area contributed by atoms with Gasteiger partial charge in [0.1, 0.15) is 0 Å². The molecule has 1 atom stereocenters. The molecule has 1 aliphatic heterocycles. The molecule has 0 aromatic carbocycles. The maximum absolute atomic E-state index is 13.9. The predicted molar refractivity (Wildman–Crippen MR) is 95.8 cm³/mol. The molecule has 1 unspecified atom stereocenters. The topological polar surface area (TPSA) is 122 Å². The highest BCUT2D eigenvalue weighted by Gasteiger charge is 2.68. The Kier molecular flexibility index (Phi) is 9.43. The fraction of sp³-hybridized carbons (Fsp3) is 0.750. The molecule has 0 aromatic heterocycles. The minimum absolute atomic E-state index is 0.0422. The number of nitrogens with zero attached hydrogens (tertiary/aromatic N) is 1. The second-order valence-corrected chi connectivity index (χ2v) is 8.42. The van der Waals surface area contributed by atoms with Crippen molar-refractivity contribution in [3.63, 3.8) is 0 Å². The molecule has 18 heteroatoms. The molecule has 0 spiro atoms. The third-order valence-electron chi connectivity index (χ3n) is 4.46. The molecule has 0 aromatic rings. The lowest BCUT2D eigenvalue weighted by Crippen LogP contribution is -2.64. The summed E-state index contributed by atoms with van der Waals surface area (Å²) in [6.45, 7) is 0.638. The van der Waals surface area contributed by atoms with Gasteiger partial charge in [0.05, 0.1) is 6.61 Å². The van der Waals surface area contributed by atoms with Crippen LogP contribution in [0.1, 0.15) is 19.3 Å². The molecule has 0 aliphatic carbocycles. The largest absolute Gasteiger partial charge is 0.466 e. The normalized spacial score (nSPS) is 17.7. The van der Waals surface area contributed by atoms with Crippen molar-refractivity contribution in [2.24, 2.45) is 0 Å². The first-order valence-electron chi connectivity index (χ1n) is 9.31. The van der Waals surface area contributed by atoms with Crippen LogP contribution in [0.2, 0.25) is 0 Å². The Morgan fingerprint density at radius 2 is 1.56 bits per heavy atom. The average molecular weight is 536 g/mol. The van der Waals surface area contributed by atoms with E-state index in [2.05, 4.69) is 21.4 Å². The van der Waals surface area contributed by atoms with E-state index in [4.69, 9.17) is 4.55 Å². The molecule has 9 nitrogen and oxygen atoms in total. The minimum Gasteiger partial charge on any atom is -0.410 e. The first-order chi connectivity index (χ1) is 15.3. The summed E-state index contributed by atoms with van der Waals surface area (Å²) in [6, 6.07) is 0. The molecule has 1 heterocycles. The number of unbranched alkanes of at least 4 members (excludes halogenated alkanes) is 1. The number of ether oxygens (including phenoxy) is 2. The number of hydrogen-bond donors (Lipinski definition) is 2. The van der Waals surface area contributed by atoms with Crippen LogP contribution in [0.25, 0.3) is 0 Å². The van der Waals surface area contributed by atoms with E-state index in [1.54, 1.807) is 0 Å². The summed E-state index contributed by atoms with van der Waals surface area (Å²) in [4.78, 5) is 24.7. The van der Waals surface area contributed by atoms with Crippen molar-refractivity contribution in [2.45, 2.75) is 42.4 Å². The van der Waals surface area contributed by atoms with Gasteiger partial charge in [0.2, 0.25) is 5.83 Å². The van der Waals surface area contributed by atoms with E-state index in [9.17, 15) is 53.1 Å².